The molecule has 0 bridgehead atoms. The van der Waals surface area contributed by atoms with E-state index in [1.807, 2.05) is 31.2 Å². The highest BCUT2D eigenvalue weighted by Crippen LogP contribution is 2.19. The molecule has 1 amide bonds. The molecular weight excluding hydrogens is 309 g/mol. The molecule has 0 aliphatic carbocycles. The van der Waals surface area contributed by atoms with Crippen LogP contribution in [0, 0.1) is 5.82 Å². The summed E-state index contributed by atoms with van der Waals surface area (Å²) in [6.07, 6.45) is 2.90. The predicted octanol–water partition coefficient (Wildman–Crippen LogP) is 4.02. The number of hydrogen-bond donors (Lipinski definition) is 1. The summed E-state index contributed by atoms with van der Waals surface area (Å²) in [6, 6.07) is 11.9. The molecule has 2 rings (SSSR count). The average molecular weight is 329 g/mol. The highest BCUT2D eigenvalue weighted by Gasteiger charge is 2.05. The average Bonchev–Trinajstić information content (AvgIpc) is 2.59. The highest BCUT2D eigenvalue weighted by atomic mass is 19.1. The molecule has 0 aromatic heterocycles. The number of rotatable bonds is 7. The van der Waals surface area contributed by atoms with Crippen molar-refractivity contribution in [3.63, 3.8) is 0 Å². The quantitative estimate of drug-likeness (QED) is 0.780. The van der Waals surface area contributed by atoms with Crippen LogP contribution in [0.5, 0.6) is 5.75 Å². The van der Waals surface area contributed by atoms with Crippen LogP contribution < -0.4 is 10.1 Å². The molecule has 24 heavy (non-hydrogen) atoms. The van der Waals surface area contributed by atoms with Crippen LogP contribution in [0.3, 0.4) is 0 Å². The fraction of sp³-hybridized carbons (Fsp3) is 0.211. The van der Waals surface area contributed by atoms with Crippen molar-refractivity contribution < 1.29 is 18.7 Å². The molecule has 1 N–H and O–H groups in total. The van der Waals surface area contributed by atoms with Crippen molar-refractivity contribution in [2.75, 3.05) is 19.0 Å². The number of carbonyl (C=O) groups is 1. The minimum Gasteiger partial charge on any atom is -0.494 e. The smallest absolute Gasteiger partial charge is 0.248 e. The fourth-order valence-electron chi connectivity index (χ4n) is 2.11. The van der Waals surface area contributed by atoms with Gasteiger partial charge in [0.1, 0.15) is 0 Å². The number of nitrogens with one attached hydrogen (secondary N) is 1. The summed E-state index contributed by atoms with van der Waals surface area (Å²) in [5, 5.41) is 2.80. The molecule has 0 unspecified atom stereocenters. The molecule has 0 aliphatic heterocycles. The van der Waals surface area contributed by atoms with Gasteiger partial charge < -0.3 is 14.8 Å². The zero-order chi connectivity index (χ0) is 17.4. The zero-order valence-electron chi connectivity index (χ0n) is 13.7. The first-order valence-electron chi connectivity index (χ1n) is 7.62. The molecule has 0 fully saturated rings. The topological polar surface area (TPSA) is 47.6 Å². The predicted molar refractivity (Wildman–Crippen MR) is 92.4 cm³/mol. The molecule has 126 valence electrons. The van der Waals surface area contributed by atoms with Gasteiger partial charge in [0, 0.05) is 23.9 Å². The van der Waals surface area contributed by atoms with Crippen LogP contribution in [0.25, 0.3) is 6.08 Å². The first-order valence-corrected chi connectivity index (χ1v) is 7.62. The van der Waals surface area contributed by atoms with E-state index in [9.17, 15) is 9.18 Å². The van der Waals surface area contributed by atoms with E-state index in [1.54, 1.807) is 12.1 Å². The summed E-state index contributed by atoms with van der Waals surface area (Å²) in [5.41, 5.74) is 2.17. The van der Waals surface area contributed by atoms with Crippen LogP contribution in [0.4, 0.5) is 10.1 Å². The Kier molecular flexibility index (Phi) is 6.51. The molecule has 0 saturated heterocycles. The number of benzene rings is 2. The molecule has 2 aromatic carbocycles. The van der Waals surface area contributed by atoms with Crippen LogP contribution in [0.15, 0.2) is 48.5 Å². The maximum absolute atomic E-state index is 13.6. The third kappa shape index (κ3) is 4.93. The number of methoxy groups -OCH3 is 1. The Bertz CT molecular complexity index is 728. The standard InChI is InChI=1S/C19H20FNO3/c1-3-24-13-15-6-4-5-7-17(15)21-19(22)11-9-14-8-10-18(23-2)16(20)12-14/h4-12H,3,13H2,1-2H3,(H,21,22)/b11-9+. The number of carbonyl (C=O) groups excluding carboxylic acids is 1. The van der Waals surface area contributed by atoms with Crippen LogP contribution in [0.2, 0.25) is 0 Å². The summed E-state index contributed by atoms with van der Waals surface area (Å²) >= 11 is 0. The molecule has 0 heterocycles. The van der Waals surface area contributed by atoms with Crippen molar-refractivity contribution in [1.82, 2.24) is 0 Å². The second kappa shape index (κ2) is 8.84. The van der Waals surface area contributed by atoms with Crippen LogP contribution in [-0.2, 0) is 16.1 Å². The largest absolute Gasteiger partial charge is 0.494 e. The maximum atomic E-state index is 13.6. The Morgan fingerprint density at radius 1 is 1.25 bits per heavy atom. The Hall–Kier alpha value is -2.66. The number of ether oxygens (including phenoxy) is 2. The second-order valence-electron chi connectivity index (χ2n) is 5.01. The Labute approximate surface area is 140 Å². The summed E-state index contributed by atoms with van der Waals surface area (Å²) in [4.78, 5) is 12.1. The normalized spacial score (nSPS) is 10.8. The second-order valence-corrected chi connectivity index (χ2v) is 5.01. The van der Waals surface area contributed by atoms with Crippen molar-refractivity contribution in [3.05, 3.63) is 65.5 Å². The number of amides is 1. The molecular formula is C19H20FNO3. The summed E-state index contributed by atoms with van der Waals surface area (Å²) < 4.78 is 23.9. The Balaban J connectivity index is 2.04. The van der Waals surface area contributed by atoms with Gasteiger partial charge in [0.15, 0.2) is 11.6 Å². The number of hydrogen-bond acceptors (Lipinski definition) is 3. The molecule has 0 radical (unpaired) electrons. The van der Waals surface area contributed by atoms with Crippen LogP contribution in [0.1, 0.15) is 18.1 Å². The molecule has 0 spiro atoms. The summed E-state index contributed by atoms with van der Waals surface area (Å²) in [6.45, 7) is 2.95. The van der Waals surface area contributed by atoms with Gasteiger partial charge in [0.2, 0.25) is 5.91 Å². The van der Waals surface area contributed by atoms with E-state index in [0.29, 0.717) is 24.5 Å². The Morgan fingerprint density at radius 2 is 2.04 bits per heavy atom. The maximum Gasteiger partial charge on any atom is 0.248 e. The number of para-hydroxylation sites is 1. The zero-order valence-corrected chi connectivity index (χ0v) is 13.7. The van der Waals surface area contributed by atoms with Gasteiger partial charge in [-0.05, 0) is 36.8 Å². The van der Waals surface area contributed by atoms with Crippen molar-refractivity contribution in [2.45, 2.75) is 13.5 Å². The lowest BCUT2D eigenvalue weighted by Gasteiger charge is -2.09. The van der Waals surface area contributed by atoms with Gasteiger partial charge in [-0.15, -0.1) is 0 Å². The lowest BCUT2D eigenvalue weighted by Crippen LogP contribution is -2.10. The van der Waals surface area contributed by atoms with Crippen molar-refractivity contribution in [1.29, 1.82) is 0 Å². The number of anilines is 1. The van der Waals surface area contributed by atoms with E-state index in [4.69, 9.17) is 9.47 Å². The van der Waals surface area contributed by atoms with E-state index in [2.05, 4.69) is 5.32 Å². The van der Waals surface area contributed by atoms with Gasteiger partial charge >= 0.3 is 0 Å². The molecule has 2 aromatic rings. The van der Waals surface area contributed by atoms with E-state index in [0.717, 1.165) is 5.56 Å². The van der Waals surface area contributed by atoms with Crippen LogP contribution in [-0.4, -0.2) is 19.6 Å². The highest BCUT2D eigenvalue weighted by molar-refractivity contribution is 6.02. The molecule has 4 nitrogen and oxygen atoms in total. The van der Waals surface area contributed by atoms with E-state index in [-0.39, 0.29) is 11.7 Å². The lowest BCUT2D eigenvalue weighted by molar-refractivity contribution is -0.111. The van der Waals surface area contributed by atoms with Crippen molar-refractivity contribution >= 4 is 17.7 Å². The third-order valence-electron chi connectivity index (χ3n) is 3.34. The van der Waals surface area contributed by atoms with E-state index >= 15 is 0 Å². The Morgan fingerprint density at radius 3 is 2.75 bits per heavy atom. The minimum absolute atomic E-state index is 0.168. The van der Waals surface area contributed by atoms with Crippen LogP contribution >= 0.6 is 0 Å². The van der Waals surface area contributed by atoms with Gasteiger partial charge in [-0.1, -0.05) is 24.3 Å². The third-order valence-corrected chi connectivity index (χ3v) is 3.34. The molecule has 0 aliphatic rings. The fourth-order valence-corrected chi connectivity index (χ4v) is 2.11. The van der Waals surface area contributed by atoms with Gasteiger partial charge in [-0.2, -0.15) is 0 Å². The van der Waals surface area contributed by atoms with Gasteiger partial charge in [-0.25, -0.2) is 4.39 Å². The van der Waals surface area contributed by atoms with Crippen molar-refractivity contribution in [3.8, 4) is 5.75 Å². The monoisotopic (exact) mass is 329 g/mol. The molecule has 0 saturated carbocycles. The summed E-state index contributed by atoms with van der Waals surface area (Å²) in [7, 11) is 1.40. The summed E-state index contributed by atoms with van der Waals surface area (Å²) in [5.74, 6) is -0.598. The lowest BCUT2D eigenvalue weighted by atomic mass is 10.1. The van der Waals surface area contributed by atoms with Gasteiger partial charge in [0.05, 0.1) is 13.7 Å². The van der Waals surface area contributed by atoms with E-state index < -0.39 is 5.82 Å². The van der Waals surface area contributed by atoms with Gasteiger partial charge in [-0.3, -0.25) is 4.79 Å². The van der Waals surface area contributed by atoms with Crippen molar-refractivity contribution in [2.24, 2.45) is 0 Å². The SMILES string of the molecule is CCOCc1ccccc1NC(=O)/C=C/c1ccc(OC)c(F)c1. The minimum atomic E-state index is -0.470. The van der Waals surface area contributed by atoms with E-state index in [1.165, 1.54) is 25.3 Å². The molecule has 5 heteroatoms. The first kappa shape index (κ1) is 17.7. The molecule has 0 atom stereocenters. The van der Waals surface area contributed by atoms with Gasteiger partial charge in [0.25, 0.3) is 0 Å². The number of halogens is 1. The first-order chi connectivity index (χ1) is 11.6.